The predicted molar refractivity (Wildman–Crippen MR) is 78.8 cm³/mol. The van der Waals surface area contributed by atoms with Gasteiger partial charge in [-0.25, -0.2) is 0 Å². The molecule has 0 aliphatic heterocycles. The van der Waals surface area contributed by atoms with E-state index in [2.05, 4.69) is 32.6 Å². The quantitative estimate of drug-likeness (QED) is 0.737. The number of Topliss-reactive ketones (excluding diaryl/α,β-unsaturated/α-hetero) is 1. The van der Waals surface area contributed by atoms with E-state index in [1.807, 2.05) is 18.2 Å². The minimum absolute atomic E-state index is 0.00602. The van der Waals surface area contributed by atoms with Gasteiger partial charge in [0.05, 0.1) is 5.02 Å². The molecule has 18 heavy (non-hydrogen) atoms. The molecule has 0 fully saturated rings. The summed E-state index contributed by atoms with van der Waals surface area (Å²) in [5.41, 5.74) is 1.67. The highest BCUT2D eigenvalue weighted by molar-refractivity contribution is 6.34. The van der Waals surface area contributed by atoms with Crippen LogP contribution in [0, 0.1) is 5.92 Å². The van der Waals surface area contributed by atoms with E-state index in [0.29, 0.717) is 22.5 Å². The van der Waals surface area contributed by atoms with Crippen LogP contribution in [0.3, 0.4) is 0 Å². The maximum Gasteiger partial charge on any atom is 0.161 e. The van der Waals surface area contributed by atoms with Crippen LogP contribution in [0.4, 0.5) is 5.69 Å². The lowest BCUT2D eigenvalue weighted by Crippen LogP contribution is -2.34. The van der Waals surface area contributed by atoms with Crippen molar-refractivity contribution in [1.82, 2.24) is 0 Å². The molecule has 2 nitrogen and oxygen atoms in total. The Kier molecular flexibility index (Phi) is 5.21. The lowest BCUT2D eigenvalue weighted by Gasteiger charge is -2.31. The molecule has 0 bridgehead atoms. The molecule has 0 amide bonds. The first kappa shape index (κ1) is 15.0. The maximum absolute atomic E-state index is 11.4. The minimum Gasteiger partial charge on any atom is -0.369 e. The van der Waals surface area contributed by atoms with Gasteiger partial charge in [-0.05, 0) is 44.9 Å². The van der Waals surface area contributed by atoms with Crippen LogP contribution in [0.1, 0.15) is 45.0 Å². The van der Waals surface area contributed by atoms with Gasteiger partial charge in [-0.15, -0.1) is 0 Å². The summed E-state index contributed by atoms with van der Waals surface area (Å²) in [6.07, 6.45) is 0. The number of halogens is 1. The van der Waals surface area contributed by atoms with Crippen LogP contribution in [-0.4, -0.2) is 18.4 Å². The Morgan fingerprint density at radius 2 is 1.89 bits per heavy atom. The molecule has 0 aromatic heterocycles. The molecule has 0 spiro atoms. The Bertz CT molecular complexity index is 427. The summed E-state index contributed by atoms with van der Waals surface area (Å²) in [7, 11) is 0. The first-order chi connectivity index (χ1) is 8.32. The summed E-state index contributed by atoms with van der Waals surface area (Å²) >= 11 is 6.16. The molecule has 0 aliphatic carbocycles. The molecular weight excluding hydrogens is 246 g/mol. The molecule has 0 saturated carbocycles. The Hall–Kier alpha value is -1.02. The topological polar surface area (TPSA) is 20.3 Å². The van der Waals surface area contributed by atoms with E-state index in [4.69, 9.17) is 11.6 Å². The minimum atomic E-state index is 0.00602. The third kappa shape index (κ3) is 3.74. The third-order valence-electron chi connectivity index (χ3n) is 2.85. The van der Waals surface area contributed by atoms with Gasteiger partial charge in [0.2, 0.25) is 0 Å². The Labute approximate surface area is 115 Å². The van der Waals surface area contributed by atoms with Crippen LogP contribution in [0.15, 0.2) is 18.2 Å². The van der Waals surface area contributed by atoms with Gasteiger partial charge in [0.25, 0.3) is 0 Å². The van der Waals surface area contributed by atoms with Crippen LogP contribution in [0.5, 0.6) is 0 Å². The lowest BCUT2D eigenvalue weighted by molar-refractivity contribution is 0.101. The maximum atomic E-state index is 11.4. The van der Waals surface area contributed by atoms with E-state index in [9.17, 15) is 4.79 Å². The standard InChI is InChI=1S/C15H22ClNO/c1-10(2)9-17(11(3)4)13-6-7-14(12(5)18)15(16)8-13/h6-8,10-11H,9H2,1-5H3. The highest BCUT2D eigenvalue weighted by Gasteiger charge is 2.14. The number of anilines is 1. The zero-order valence-corrected chi connectivity index (χ0v) is 12.6. The van der Waals surface area contributed by atoms with Crippen molar-refractivity contribution >= 4 is 23.1 Å². The molecule has 3 heteroatoms. The summed E-state index contributed by atoms with van der Waals surface area (Å²) < 4.78 is 0. The fraction of sp³-hybridized carbons (Fsp3) is 0.533. The van der Waals surface area contributed by atoms with E-state index in [-0.39, 0.29) is 5.78 Å². The molecule has 0 saturated heterocycles. The lowest BCUT2D eigenvalue weighted by atomic mass is 10.1. The fourth-order valence-electron chi connectivity index (χ4n) is 1.98. The zero-order valence-electron chi connectivity index (χ0n) is 11.8. The number of benzene rings is 1. The second-order valence-corrected chi connectivity index (χ2v) is 5.77. The van der Waals surface area contributed by atoms with Crippen molar-refractivity contribution < 1.29 is 4.79 Å². The van der Waals surface area contributed by atoms with Crippen molar-refractivity contribution in [3.05, 3.63) is 28.8 Å². The van der Waals surface area contributed by atoms with Gasteiger partial charge in [0.1, 0.15) is 0 Å². The number of hydrogen-bond acceptors (Lipinski definition) is 2. The largest absolute Gasteiger partial charge is 0.369 e. The van der Waals surface area contributed by atoms with Gasteiger partial charge >= 0.3 is 0 Å². The van der Waals surface area contributed by atoms with Crippen molar-refractivity contribution in [3.63, 3.8) is 0 Å². The van der Waals surface area contributed by atoms with E-state index in [1.165, 1.54) is 6.92 Å². The van der Waals surface area contributed by atoms with Gasteiger partial charge in [-0.3, -0.25) is 4.79 Å². The predicted octanol–water partition coefficient (Wildman–Crippen LogP) is 4.41. The number of carbonyl (C=O) groups excluding carboxylic acids is 1. The Morgan fingerprint density at radius 3 is 2.28 bits per heavy atom. The molecule has 0 radical (unpaired) electrons. The summed E-state index contributed by atoms with van der Waals surface area (Å²) in [4.78, 5) is 13.7. The fourth-order valence-corrected chi connectivity index (χ4v) is 2.28. The summed E-state index contributed by atoms with van der Waals surface area (Å²) in [6.45, 7) is 11.2. The first-order valence-corrected chi connectivity index (χ1v) is 6.77. The first-order valence-electron chi connectivity index (χ1n) is 6.40. The number of hydrogen-bond donors (Lipinski definition) is 0. The second-order valence-electron chi connectivity index (χ2n) is 5.36. The van der Waals surface area contributed by atoms with Gasteiger partial charge in [0, 0.05) is 23.8 Å². The average molecular weight is 268 g/mol. The smallest absolute Gasteiger partial charge is 0.161 e. The zero-order chi connectivity index (χ0) is 13.9. The van der Waals surface area contributed by atoms with E-state index >= 15 is 0 Å². The van der Waals surface area contributed by atoms with Crippen molar-refractivity contribution in [1.29, 1.82) is 0 Å². The number of rotatable bonds is 5. The third-order valence-corrected chi connectivity index (χ3v) is 3.16. The van der Waals surface area contributed by atoms with Crippen LogP contribution < -0.4 is 4.90 Å². The molecular formula is C15H22ClNO. The second kappa shape index (κ2) is 6.24. The molecule has 0 heterocycles. The van der Waals surface area contributed by atoms with Crippen LogP contribution >= 0.6 is 11.6 Å². The van der Waals surface area contributed by atoms with Crippen LogP contribution in [0.25, 0.3) is 0 Å². The SMILES string of the molecule is CC(=O)c1ccc(N(CC(C)C)C(C)C)cc1Cl. The number of nitrogens with zero attached hydrogens (tertiary/aromatic N) is 1. The molecule has 100 valence electrons. The molecule has 0 aliphatic rings. The molecule has 0 unspecified atom stereocenters. The Balaban J connectivity index is 3.07. The normalized spacial score (nSPS) is 11.1. The van der Waals surface area contributed by atoms with Crippen molar-refractivity contribution in [2.45, 2.75) is 40.7 Å². The van der Waals surface area contributed by atoms with Gasteiger partial charge in [-0.2, -0.15) is 0 Å². The molecule has 1 rings (SSSR count). The average Bonchev–Trinajstić information content (AvgIpc) is 2.24. The van der Waals surface area contributed by atoms with E-state index < -0.39 is 0 Å². The van der Waals surface area contributed by atoms with Crippen LogP contribution in [-0.2, 0) is 0 Å². The van der Waals surface area contributed by atoms with Gasteiger partial charge in [0.15, 0.2) is 5.78 Å². The highest BCUT2D eigenvalue weighted by atomic mass is 35.5. The van der Waals surface area contributed by atoms with Gasteiger partial charge < -0.3 is 4.90 Å². The molecule has 0 atom stereocenters. The van der Waals surface area contributed by atoms with Crippen molar-refractivity contribution in [3.8, 4) is 0 Å². The van der Waals surface area contributed by atoms with E-state index in [0.717, 1.165) is 12.2 Å². The molecule has 0 N–H and O–H groups in total. The Morgan fingerprint density at radius 1 is 1.28 bits per heavy atom. The summed E-state index contributed by atoms with van der Waals surface area (Å²) in [5, 5.41) is 0.536. The van der Waals surface area contributed by atoms with Crippen molar-refractivity contribution in [2.75, 3.05) is 11.4 Å². The molecule has 1 aromatic carbocycles. The summed E-state index contributed by atoms with van der Waals surface area (Å²) in [6, 6.07) is 6.09. The van der Waals surface area contributed by atoms with E-state index in [1.54, 1.807) is 0 Å². The number of carbonyl (C=O) groups is 1. The van der Waals surface area contributed by atoms with Gasteiger partial charge in [-0.1, -0.05) is 25.4 Å². The molecule has 1 aromatic rings. The van der Waals surface area contributed by atoms with Crippen molar-refractivity contribution in [2.24, 2.45) is 5.92 Å². The summed E-state index contributed by atoms with van der Waals surface area (Å²) in [5.74, 6) is 0.588. The van der Waals surface area contributed by atoms with Crippen LogP contribution in [0.2, 0.25) is 5.02 Å². The monoisotopic (exact) mass is 267 g/mol. The number of ketones is 1. The highest BCUT2D eigenvalue weighted by Crippen LogP contribution is 2.26.